The molecule has 0 radical (unpaired) electrons. The Kier molecular flexibility index (Phi) is 6.61. The third kappa shape index (κ3) is 4.00. The van der Waals surface area contributed by atoms with Gasteiger partial charge in [-0.15, -0.1) is 0 Å². The van der Waals surface area contributed by atoms with Crippen molar-refractivity contribution in [1.29, 1.82) is 0 Å². The van der Waals surface area contributed by atoms with Gasteiger partial charge in [0.15, 0.2) is 0 Å². The Labute approximate surface area is 308 Å². The molecule has 0 aliphatic carbocycles. The molecule has 0 atom stereocenters. The maximum absolute atomic E-state index is 15.1. The molecule has 4 heteroatoms. The van der Waals surface area contributed by atoms with Crippen LogP contribution < -0.4 is 11.1 Å². The molecule has 1 aromatic heterocycles. The maximum Gasteiger partial charge on any atom is 0.266 e. The van der Waals surface area contributed by atoms with E-state index in [9.17, 15) is 0 Å². The van der Waals surface area contributed by atoms with E-state index in [1.165, 1.54) is 48.0 Å². The molecule has 0 saturated heterocycles. The molecule has 10 aromatic rings. The molecule has 10 rings (SSSR count). The number of unbranched alkanes of at least 4 members (excludes halogenated alkanes) is 1. The highest BCUT2D eigenvalue weighted by atomic mass is 127. The van der Waals surface area contributed by atoms with Crippen LogP contribution >= 0.6 is 22.6 Å². The summed E-state index contributed by atoms with van der Waals surface area (Å²) in [7, 11) is 0. The molecule has 0 bridgehead atoms. The van der Waals surface area contributed by atoms with Gasteiger partial charge in [-0.25, -0.2) is 4.57 Å². The van der Waals surface area contributed by atoms with Crippen molar-refractivity contribution in [2.75, 3.05) is 0 Å². The lowest BCUT2D eigenvalue weighted by atomic mass is 9.87. The third-order valence-corrected chi connectivity index (χ3v) is 12.6. The molecular formula is C47H34INO2. The van der Waals surface area contributed by atoms with Crippen LogP contribution in [0.15, 0.2) is 107 Å². The molecular weight excluding hydrogens is 737 g/mol. The topological polar surface area (TPSA) is 39.1 Å². The number of rotatable bonds is 6. The smallest absolute Gasteiger partial charge is 0.266 e. The van der Waals surface area contributed by atoms with Gasteiger partial charge >= 0.3 is 0 Å². The molecule has 9 aromatic carbocycles. The number of benzene rings is 8. The van der Waals surface area contributed by atoms with Gasteiger partial charge in [-0.3, -0.25) is 9.59 Å². The predicted octanol–water partition coefficient (Wildman–Crippen LogP) is 12.1. The van der Waals surface area contributed by atoms with Gasteiger partial charge in [-0.2, -0.15) is 0 Å². The second-order valence-corrected chi connectivity index (χ2v) is 15.5. The van der Waals surface area contributed by atoms with Gasteiger partial charge in [0.05, 0.1) is 16.5 Å². The van der Waals surface area contributed by atoms with Gasteiger partial charge in [0.1, 0.15) is 0 Å². The third-order valence-electron chi connectivity index (χ3n) is 11.7. The summed E-state index contributed by atoms with van der Waals surface area (Å²) in [6, 6.07) is 34.7. The lowest BCUT2D eigenvalue weighted by molar-refractivity contribution is 0.796. The van der Waals surface area contributed by atoms with Crippen molar-refractivity contribution in [3.05, 3.63) is 144 Å². The Morgan fingerprint density at radius 2 is 1.10 bits per heavy atom. The Morgan fingerprint density at radius 3 is 1.73 bits per heavy atom. The van der Waals surface area contributed by atoms with Crippen molar-refractivity contribution in [2.24, 2.45) is 0 Å². The van der Waals surface area contributed by atoms with E-state index in [4.69, 9.17) is 0 Å². The Balaban J connectivity index is 1.50. The number of fused-ring (bicyclic) bond motifs is 3. The fourth-order valence-corrected chi connectivity index (χ4v) is 9.84. The van der Waals surface area contributed by atoms with Crippen LogP contribution in [-0.4, -0.2) is 4.57 Å². The zero-order chi connectivity index (χ0) is 34.9. The van der Waals surface area contributed by atoms with E-state index in [1.807, 2.05) is 26.8 Å². The number of nitrogens with zero attached hydrogens (tertiary/aromatic N) is 1. The standard InChI is InChI=1S/C47H34INO2/c1-5-6-11-27-12-7-8-13-29(27)33-22-35-41-39-31(33)20-18-28-19-21-32-34(30-14-9-10-15-37(30)48)23-36(42(41)40(32)38(28)39)44-43(35)46(50)49(47(44)51)45-25(3)17-16-24(2)26(45)4/h7-10,12-23H,5-6,11H2,1-4H3. The summed E-state index contributed by atoms with van der Waals surface area (Å²) >= 11 is 2.42. The summed E-state index contributed by atoms with van der Waals surface area (Å²) < 4.78 is 2.62. The van der Waals surface area contributed by atoms with Crippen LogP contribution in [0.4, 0.5) is 0 Å². The van der Waals surface area contributed by atoms with E-state index in [0.29, 0.717) is 16.5 Å². The van der Waals surface area contributed by atoms with Crippen LogP contribution in [0.3, 0.4) is 0 Å². The maximum atomic E-state index is 15.1. The normalized spacial score (nSPS) is 12.4. The molecule has 0 unspecified atom stereocenters. The van der Waals surface area contributed by atoms with E-state index in [-0.39, 0.29) is 11.1 Å². The molecule has 51 heavy (non-hydrogen) atoms. The van der Waals surface area contributed by atoms with Crippen LogP contribution in [0.5, 0.6) is 0 Å². The number of halogens is 1. The molecule has 0 N–H and O–H groups in total. The van der Waals surface area contributed by atoms with Gasteiger partial charge in [0.25, 0.3) is 11.1 Å². The van der Waals surface area contributed by atoms with Crippen molar-refractivity contribution in [3.8, 4) is 27.9 Å². The van der Waals surface area contributed by atoms with Crippen molar-refractivity contribution >= 4 is 87.2 Å². The van der Waals surface area contributed by atoms with Crippen molar-refractivity contribution in [3.63, 3.8) is 0 Å². The molecule has 246 valence electrons. The van der Waals surface area contributed by atoms with Crippen molar-refractivity contribution < 1.29 is 0 Å². The quantitative estimate of drug-likeness (QED) is 0.125. The fourth-order valence-electron chi connectivity index (χ4n) is 9.16. The van der Waals surface area contributed by atoms with E-state index in [0.717, 1.165) is 77.8 Å². The first kappa shape index (κ1) is 30.7. The van der Waals surface area contributed by atoms with Crippen LogP contribution in [0, 0.1) is 24.3 Å². The minimum atomic E-state index is -0.241. The minimum Gasteiger partial charge on any atom is -0.268 e. The molecule has 0 saturated carbocycles. The Hall–Kier alpha value is -5.07. The van der Waals surface area contributed by atoms with Crippen molar-refractivity contribution in [2.45, 2.75) is 47.0 Å². The molecule has 1 heterocycles. The molecule has 0 aliphatic rings. The molecule has 0 fully saturated rings. The minimum absolute atomic E-state index is 0.239. The van der Waals surface area contributed by atoms with E-state index < -0.39 is 0 Å². The monoisotopic (exact) mass is 771 g/mol. The molecule has 3 nitrogen and oxygen atoms in total. The van der Waals surface area contributed by atoms with Gasteiger partial charge in [-0.1, -0.05) is 92.2 Å². The second kappa shape index (κ2) is 11.0. The first-order valence-corrected chi connectivity index (χ1v) is 18.9. The first-order chi connectivity index (χ1) is 24.8. The summed E-state index contributed by atoms with van der Waals surface area (Å²) in [6.45, 7) is 8.29. The average Bonchev–Trinajstić information content (AvgIpc) is 3.64. The van der Waals surface area contributed by atoms with Crippen molar-refractivity contribution in [1.82, 2.24) is 4.57 Å². The average molecular weight is 772 g/mol. The number of hydrogen-bond acceptors (Lipinski definition) is 2. The van der Waals surface area contributed by atoms with E-state index in [1.54, 1.807) is 0 Å². The summed E-state index contributed by atoms with van der Waals surface area (Å²) in [6.07, 6.45) is 3.20. The predicted molar refractivity (Wildman–Crippen MR) is 225 cm³/mol. The molecule has 0 amide bonds. The molecule has 0 aliphatic heterocycles. The number of aromatic nitrogens is 1. The van der Waals surface area contributed by atoms with Gasteiger partial charge in [0.2, 0.25) is 0 Å². The van der Waals surface area contributed by atoms with E-state index >= 15 is 9.59 Å². The second-order valence-electron chi connectivity index (χ2n) is 14.4. The molecule has 0 spiro atoms. The van der Waals surface area contributed by atoms with Crippen LogP contribution in [-0.2, 0) is 6.42 Å². The van der Waals surface area contributed by atoms with Gasteiger partial charge in [-0.05, 0) is 173 Å². The summed E-state index contributed by atoms with van der Waals surface area (Å²) in [5.74, 6) is 0. The summed E-state index contributed by atoms with van der Waals surface area (Å²) in [5, 5.41) is 12.1. The van der Waals surface area contributed by atoms with Crippen LogP contribution in [0.2, 0.25) is 0 Å². The Morgan fingerprint density at radius 1 is 0.549 bits per heavy atom. The zero-order valence-corrected chi connectivity index (χ0v) is 31.2. The number of hydrogen-bond donors (Lipinski definition) is 0. The van der Waals surface area contributed by atoms with Gasteiger partial charge < -0.3 is 0 Å². The Bertz CT molecular complexity index is 3150. The summed E-state index contributed by atoms with van der Waals surface area (Å²) in [4.78, 5) is 30.2. The van der Waals surface area contributed by atoms with Crippen LogP contribution in [0.1, 0.15) is 42.0 Å². The zero-order valence-electron chi connectivity index (χ0n) is 29.0. The fraction of sp³-hybridized carbons (Fsp3) is 0.149. The van der Waals surface area contributed by atoms with Gasteiger partial charge in [0, 0.05) is 3.57 Å². The van der Waals surface area contributed by atoms with Crippen LogP contribution in [0.25, 0.3) is 92.6 Å². The lowest BCUT2D eigenvalue weighted by Crippen LogP contribution is -2.25. The largest absolute Gasteiger partial charge is 0.268 e. The highest BCUT2D eigenvalue weighted by Gasteiger charge is 2.30. The van der Waals surface area contributed by atoms with E-state index in [2.05, 4.69) is 121 Å². The number of aryl methyl sites for hydroxylation is 3. The highest BCUT2D eigenvalue weighted by molar-refractivity contribution is 14.1. The SMILES string of the molecule is CCCCc1ccccc1-c1cc2c3c(=O)n(-c4c(C)ccc(C)c4C)c(=O)c3c3cc(-c4ccccc4I)c4ccc5ccc1c1c5c4c3c21. The summed E-state index contributed by atoms with van der Waals surface area (Å²) in [5.41, 5.74) is 8.98. The first-order valence-electron chi connectivity index (χ1n) is 17.9. The lowest BCUT2D eigenvalue weighted by Gasteiger charge is -2.15. The highest BCUT2D eigenvalue weighted by Crippen LogP contribution is 2.54.